The molecule has 20 heavy (non-hydrogen) atoms. The molecule has 5 heteroatoms. The van der Waals surface area contributed by atoms with Gasteiger partial charge in [-0.25, -0.2) is 0 Å². The highest BCUT2D eigenvalue weighted by atomic mass is 16.2. The Labute approximate surface area is 119 Å². The summed E-state index contributed by atoms with van der Waals surface area (Å²) in [7, 11) is 0. The number of hydrogen-bond donors (Lipinski definition) is 3. The number of hydrogen-bond acceptors (Lipinski definition) is 3. The quantitative estimate of drug-likeness (QED) is 0.740. The van der Waals surface area contributed by atoms with E-state index in [1.54, 1.807) is 24.3 Å². The molecule has 2 amide bonds. The third-order valence-electron chi connectivity index (χ3n) is 2.79. The van der Waals surface area contributed by atoms with Crippen molar-refractivity contribution in [1.29, 1.82) is 0 Å². The van der Waals surface area contributed by atoms with Crippen LogP contribution in [0.4, 0.5) is 5.69 Å². The average Bonchev–Trinajstić information content (AvgIpc) is 2.38. The Balaban J connectivity index is 2.71. The van der Waals surface area contributed by atoms with E-state index < -0.39 is 6.04 Å². The Morgan fingerprint density at radius 3 is 2.60 bits per heavy atom. The number of carbonyl (C=O) groups is 2. The number of amides is 2. The fourth-order valence-corrected chi connectivity index (χ4v) is 1.85. The summed E-state index contributed by atoms with van der Waals surface area (Å²) in [5, 5.41) is 5.46. The third-order valence-corrected chi connectivity index (χ3v) is 2.79. The zero-order valence-electron chi connectivity index (χ0n) is 12.3. The smallest absolute Gasteiger partial charge is 0.251 e. The number of benzene rings is 1. The molecule has 0 fully saturated rings. The van der Waals surface area contributed by atoms with Crippen LogP contribution in [0.25, 0.3) is 0 Å². The van der Waals surface area contributed by atoms with Crippen molar-refractivity contribution in [3.8, 4) is 0 Å². The van der Waals surface area contributed by atoms with E-state index in [-0.39, 0.29) is 11.8 Å². The van der Waals surface area contributed by atoms with E-state index in [0.717, 1.165) is 0 Å². The molecule has 4 N–H and O–H groups in total. The van der Waals surface area contributed by atoms with Crippen LogP contribution in [0, 0.1) is 5.92 Å². The maximum Gasteiger partial charge on any atom is 0.251 e. The minimum atomic E-state index is -0.539. The molecule has 0 aliphatic rings. The average molecular weight is 277 g/mol. The lowest BCUT2D eigenvalue weighted by Crippen LogP contribution is -2.36. The molecule has 0 spiro atoms. The van der Waals surface area contributed by atoms with Crippen molar-refractivity contribution in [3.63, 3.8) is 0 Å². The van der Waals surface area contributed by atoms with Gasteiger partial charge in [0, 0.05) is 17.8 Å². The number of nitrogens with one attached hydrogen (secondary N) is 2. The standard InChI is InChI=1S/C15H23N3O2/c1-4-17-14(19)11-6-5-7-12(9-11)18-15(20)13(16)8-10(2)3/h5-7,9-10,13H,4,8,16H2,1-3H3,(H,17,19)(H,18,20). The molecule has 1 rings (SSSR count). The van der Waals surface area contributed by atoms with Gasteiger partial charge in [-0.15, -0.1) is 0 Å². The highest BCUT2D eigenvalue weighted by Crippen LogP contribution is 2.12. The topological polar surface area (TPSA) is 84.2 Å². The van der Waals surface area contributed by atoms with Crippen LogP contribution in [0.5, 0.6) is 0 Å². The summed E-state index contributed by atoms with van der Waals surface area (Å²) in [5.41, 5.74) is 6.92. The number of anilines is 1. The Morgan fingerprint density at radius 2 is 2.00 bits per heavy atom. The summed E-state index contributed by atoms with van der Waals surface area (Å²) in [6, 6.07) is 6.28. The number of rotatable bonds is 6. The van der Waals surface area contributed by atoms with Crippen LogP contribution >= 0.6 is 0 Å². The molecule has 0 saturated heterocycles. The van der Waals surface area contributed by atoms with Crippen molar-refractivity contribution >= 4 is 17.5 Å². The molecule has 5 nitrogen and oxygen atoms in total. The normalized spacial score (nSPS) is 12.1. The molecule has 0 heterocycles. The summed E-state index contributed by atoms with van der Waals surface area (Å²) < 4.78 is 0. The molecule has 0 aliphatic heterocycles. The van der Waals surface area contributed by atoms with Crippen LogP contribution in [0.15, 0.2) is 24.3 Å². The molecule has 1 aromatic carbocycles. The summed E-state index contributed by atoms with van der Waals surface area (Å²) in [6.45, 7) is 6.45. The van der Waals surface area contributed by atoms with Crippen LogP contribution < -0.4 is 16.4 Å². The van der Waals surface area contributed by atoms with Gasteiger partial charge < -0.3 is 16.4 Å². The SMILES string of the molecule is CCNC(=O)c1cccc(NC(=O)C(N)CC(C)C)c1. The largest absolute Gasteiger partial charge is 0.352 e. The molecule has 110 valence electrons. The predicted molar refractivity (Wildman–Crippen MR) is 80.5 cm³/mol. The fourth-order valence-electron chi connectivity index (χ4n) is 1.85. The predicted octanol–water partition coefficient (Wildman–Crippen LogP) is 1.75. The molecular weight excluding hydrogens is 254 g/mol. The lowest BCUT2D eigenvalue weighted by Gasteiger charge is -2.14. The Hall–Kier alpha value is -1.88. The zero-order valence-corrected chi connectivity index (χ0v) is 12.3. The summed E-state index contributed by atoms with van der Waals surface area (Å²) >= 11 is 0. The molecule has 0 aromatic heterocycles. The highest BCUT2D eigenvalue weighted by molar-refractivity contribution is 5.98. The molecule has 0 radical (unpaired) electrons. The van der Waals surface area contributed by atoms with E-state index in [9.17, 15) is 9.59 Å². The van der Waals surface area contributed by atoms with Gasteiger partial charge in [0.2, 0.25) is 5.91 Å². The van der Waals surface area contributed by atoms with Gasteiger partial charge in [-0.2, -0.15) is 0 Å². The summed E-state index contributed by atoms with van der Waals surface area (Å²) in [5.74, 6) is -0.0285. The first kappa shape index (κ1) is 16.2. The summed E-state index contributed by atoms with van der Waals surface area (Å²) in [4.78, 5) is 23.6. The first-order valence-corrected chi connectivity index (χ1v) is 6.88. The van der Waals surface area contributed by atoms with E-state index in [1.807, 2.05) is 20.8 Å². The van der Waals surface area contributed by atoms with Crippen molar-refractivity contribution in [2.24, 2.45) is 11.7 Å². The van der Waals surface area contributed by atoms with E-state index in [2.05, 4.69) is 10.6 Å². The highest BCUT2D eigenvalue weighted by Gasteiger charge is 2.15. The second kappa shape index (κ2) is 7.65. The molecule has 1 aromatic rings. The molecular formula is C15H23N3O2. The second-order valence-corrected chi connectivity index (χ2v) is 5.17. The van der Waals surface area contributed by atoms with Gasteiger partial charge in [-0.1, -0.05) is 19.9 Å². The monoisotopic (exact) mass is 277 g/mol. The van der Waals surface area contributed by atoms with E-state index in [0.29, 0.717) is 30.1 Å². The molecule has 1 atom stereocenters. The van der Waals surface area contributed by atoms with Crippen LogP contribution in [-0.4, -0.2) is 24.4 Å². The van der Waals surface area contributed by atoms with Crippen molar-refractivity contribution in [3.05, 3.63) is 29.8 Å². The second-order valence-electron chi connectivity index (χ2n) is 5.17. The third kappa shape index (κ3) is 5.01. The van der Waals surface area contributed by atoms with Crippen LogP contribution in [0.1, 0.15) is 37.6 Å². The van der Waals surface area contributed by atoms with Gasteiger partial charge in [0.05, 0.1) is 6.04 Å². The van der Waals surface area contributed by atoms with Crippen molar-refractivity contribution < 1.29 is 9.59 Å². The lowest BCUT2D eigenvalue weighted by molar-refractivity contribution is -0.117. The zero-order chi connectivity index (χ0) is 15.1. The maximum atomic E-state index is 11.9. The Kier molecular flexibility index (Phi) is 6.18. The maximum absolute atomic E-state index is 11.9. The van der Waals surface area contributed by atoms with Gasteiger partial charge >= 0.3 is 0 Å². The van der Waals surface area contributed by atoms with Gasteiger partial charge in [-0.05, 0) is 37.5 Å². The first-order valence-electron chi connectivity index (χ1n) is 6.88. The van der Waals surface area contributed by atoms with Crippen LogP contribution in [-0.2, 0) is 4.79 Å². The van der Waals surface area contributed by atoms with Crippen LogP contribution in [0.3, 0.4) is 0 Å². The van der Waals surface area contributed by atoms with Crippen molar-refractivity contribution in [1.82, 2.24) is 5.32 Å². The van der Waals surface area contributed by atoms with Crippen molar-refractivity contribution in [2.45, 2.75) is 33.2 Å². The van der Waals surface area contributed by atoms with E-state index in [1.165, 1.54) is 0 Å². The minimum absolute atomic E-state index is 0.157. The Morgan fingerprint density at radius 1 is 1.30 bits per heavy atom. The lowest BCUT2D eigenvalue weighted by atomic mass is 10.0. The van der Waals surface area contributed by atoms with Gasteiger partial charge in [0.15, 0.2) is 0 Å². The number of carbonyl (C=O) groups excluding carboxylic acids is 2. The minimum Gasteiger partial charge on any atom is -0.352 e. The molecule has 0 bridgehead atoms. The van der Waals surface area contributed by atoms with E-state index in [4.69, 9.17) is 5.73 Å². The van der Waals surface area contributed by atoms with Crippen molar-refractivity contribution in [2.75, 3.05) is 11.9 Å². The molecule has 1 unspecified atom stereocenters. The van der Waals surface area contributed by atoms with E-state index >= 15 is 0 Å². The molecule has 0 saturated carbocycles. The summed E-state index contributed by atoms with van der Waals surface area (Å²) in [6.07, 6.45) is 0.627. The fraction of sp³-hybridized carbons (Fsp3) is 0.467. The first-order chi connectivity index (χ1) is 9.43. The van der Waals surface area contributed by atoms with Gasteiger partial charge in [0.1, 0.15) is 0 Å². The van der Waals surface area contributed by atoms with Gasteiger partial charge in [-0.3, -0.25) is 9.59 Å². The number of nitrogens with two attached hydrogens (primary N) is 1. The molecule has 0 aliphatic carbocycles. The van der Waals surface area contributed by atoms with Gasteiger partial charge in [0.25, 0.3) is 5.91 Å². The Bertz CT molecular complexity index is 472. The van der Waals surface area contributed by atoms with Crippen LogP contribution in [0.2, 0.25) is 0 Å².